The van der Waals surface area contributed by atoms with Crippen LogP contribution in [0.5, 0.6) is 5.75 Å². The average Bonchev–Trinajstić information content (AvgIpc) is 3.20. The maximum atomic E-state index is 12.5. The number of carbonyl (C=O) groups excluding carboxylic acids is 1. The summed E-state index contributed by atoms with van der Waals surface area (Å²) in [6.45, 7) is 0. The molecule has 0 radical (unpaired) electrons. The predicted octanol–water partition coefficient (Wildman–Crippen LogP) is 3.73. The molecule has 0 saturated carbocycles. The minimum Gasteiger partial charge on any atom is -0.497 e. The second-order valence-electron chi connectivity index (χ2n) is 6.01. The number of benzene rings is 2. The van der Waals surface area contributed by atoms with Crippen LogP contribution in [0.15, 0.2) is 72.4 Å². The van der Waals surface area contributed by atoms with Gasteiger partial charge in [-0.2, -0.15) is 5.26 Å². The van der Waals surface area contributed by atoms with Gasteiger partial charge in [0.1, 0.15) is 17.4 Å². The fourth-order valence-corrected chi connectivity index (χ4v) is 2.70. The number of amides is 1. The molecule has 1 heterocycles. The van der Waals surface area contributed by atoms with Crippen LogP contribution in [0, 0.1) is 11.3 Å². The minimum atomic E-state index is -1.03. The van der Waals surface area contributed by atoms with E-state index in [1.54, 1.807) is 66.4 Å². The monoisotopic (exact) mass is 387 g/mol. The Hall–Kier alpha value is -4.31. The summed E-state index contributed by atoms with van der Waals surface area (Å²) in [5.74, 6) is -0.933. The number of aromatic nitrogens is 1. The summed E-state index contributed by atoms with van der Waals surface area (Å²) >= 11 is 0. The molecule has 0 saturated heterocycles. The number of anilines is 1. The lowest BCUT2D eigenvalue weighted by Crippen LogP contribution is -2.13. The largest absolute Gasteiger partial charge is 0.497 e. The first kappa shape index (κ1) is 19.5. The number of carbonyl (C=O) groups is 2. The van der Waals surface area contributed by atoms with E-state index < -0.39 is 11.9 Å². The van der Waals surface area contributed by atoms with Crippen LogP contribution in [0.3, 0.4) is 0 Å². The number of methoxy groups -OCH3 is 1. The van der Waals surface area contributed by atoms with Crippen molar-refractivity contribution in [3.63, 3.8) is 0 Å². The molecular formula is C22H17N3O4. The van der Waals surface area contributed by atoms with Crippen LogP contribution in [0.2, 0.25) is 0 Å². The molecule has 0 aliphatic rings. The van der Waals surface area contributed by atoms with E-state index in [9.17, 15) is 20.0 Å². The van der Waals surface area contributed by atoms with Gasteiger partial charge in [0.2, 0.25) is 0 Å². The van der Waals surface area contributed by atoms with Crippen molar-refractivity contribution in [3.8, 4) is 17.5 Å². The summed E-state index contributed by atoms with van der Waals surface area (Å²) in [6.07, 6.45) is 3.18. The molecule has 0 aliphatic carbocycles. The number of hydrogen-bond donors (Lipinski definition) is 2. The fraction of sp³-hybridized carbons (Fsp3) is 0.0455. The van der Waals surface area contributed by atoms with Gasteiger partial charge in [-0.3, -0.25) is 4.79 Å². The lowest BCUT2D eigenvalue weighted by Gasteiger charge is -2.09. The molecule has 144 valence electrons. The highest BCUT2D eigenvalue weighted by atomic mass is 16.5. The topological polar surface area (TPSA) is 104 Å². The third-order valence-electron chi connectivity index (χ3n) is 4.16. The van der Waals surface area contributed by atoms with E-state index in [0.717, 1.165) is 0 Å². The molecule has 0 aliphatic heterocycles. The summed E-state index contributed by atoms with van der Waals surface area (Å²) in [7, 11) is 1.55. The normalized spacial score (nSPS) is 10.8. The Morgan fingerprint density at radius 3 is 2.55 bits per heavy atom. The maximum Gasteiger partial charge on any atom is 0.335 e. The van der Waals surface area contributed by atoms with E-state index in [1.807, 2.05) is 6.07 Å². The number of hydrogen-bond acceptors (Lipinski definition) is 4. The van der Waals surface area contributed by atoms with Gasteiger partial charge >= 0.3 is 5.97 Å². The number of nitriles is 1. The molecule has 2 N–H and O–H groups in total. The van der Waals surface area contributed by atoms with Crippen molar-refractivity contribution in [1.82, 2.24) is 4.57 Å². The Morgan fingerprint density at radius 2 is 1.90 bits per heavy atom. The molecular weight excluding hydrogens is 370 g/mol. The highest BCUT2D eigenvalue weighted by molar-refractivity contribution is 6.09. The van der Waals surface area contributed by atoms with E-state index in [-0.39, 0.29) is 11.1 Å². The van der Waals surface area contributed by atoms with Crippen LogP contribution >= 0.6 is 0 Å². The summed E-state index contributed by atoms with van der Waals surface area (Å²) in [4.78, 5) is 23.7. The third kappa shape index (κ3) is 4.51. The van der Waals surface area contributed by atoms with Crippen molar-refractivity contribution in [2.75, 3.05) is 12.4 Å². The van der Waals surface area contributed by atoms with Crippen LogP contribution in [-0.4, -0.2) is 28.7 Å². The van der Waals surface area contributed by atoms with Gasteiger partial charge < -0.3 is 19.7 Å². The smallest absolute Gasteiger partial charge is 0.335 e. The average molecular weight is 387 g/mol. The van der Waals surface area contributed by atoms with E-state index in [2.05, 4.69) is 5.32 Å². The zero-order valence-corrected chi connectivity index (χ0v) is 15.5. The van der Waals surface area contributed by atoms with Gasteiger partial charge in [-0.05, 0) is 60.7 Å². The van der Waals surface area contributed by atoms with Crippen molar-refractivity contribution in [2.24, 2.45) is 0 Å². The van der Waals surface area contributed by atoms with Gasteiger partial charge in [0.05, 0.1) is 12.7 Å². The molecule has 1 amide bonds. The third-order valence-corrected chi connectivity index (χ3v) is 4.16. The van der Waals surface area contributed by atoms with E-state index in [0.29, 0.717) is 22.8 Å². The molecule has 0 fully saturated rings. The molecule has 29 heavy (non-hydrogen) atoms. The van der Waals surface area contributed by atoms with Gasteiger partial charge in [-0.1, -0.05) is 6.07 Å². The first-order valence-electron chi connectivity index (χ1n) is 8.60. The zero-order valence-electron chi connectivity index (χ0n) is 15.5. The lowest BCUT2D eigenvalue weighted by atomic mass is 10.2. The Balaban J connectivity index is 1.87. The van der Waals surface area contributed by atoms with Gasteiger partial charge in [-0.15, -0.1) is 0 Å². The lowest BCUT2D eigenvalue weighted by molar-refractivity contribution is -0.112. The standard InChI is InChI=1S/C22H17N3O4/c1-29-20-9-7-17(8-10-20)24-21(26)16(14-23)13-19-6-3-11-25(19)18-5-2-4-15(12-18)22(27)28/h2-13H,1H3,(H,24,26)(H,27,28)/b16-13-. The number of ether oxygens (including phenoxy) is 1. The van der Waals surface area contributed by atoms with Gasteiger partial charge in [0, 0.05) is 23.3 Å². The van der Waals surface area contributed by atoms with Crippen LogP contribution in [0.25, 0.3) is 11.8 Å². The van der Waals surface area contributed by atoms with Crippen LogP contribution in [0.4, 0.5) is 5.69 Å². The highest BCUT2D eigenvalue weighted by Gasteiger charge is 2.12. The van der Waals surface area contributed by atoms with Crippen molar-refractivity contribution in [3.05, 3.63) is 83.7 Å². The Morgan fingerprint density at radius 1 is 1.14 bits per heavy atom. The number of nitrogens with zero attached hydrogens (tertiary/aromatic N) is 2. The van der Waals surface area contributed by atoms with E-state index in [1.165, 1.54) is 18.2 Å². The molecule has 0 spiro atoms. The van der Waals surface area contributed by atoms with Gasteiger partial charge in [-0.25, -0.2) is 4.79 Å². The zero-order chi connectivity index (χ0) is 20.8. The van der Waals surface area contributed by atoms with Crippen LogP contribution < -0.4 is 10.1 Å². The molecule has 1 aromatic heterocycles. The van der Waals surface area contributed by atoms with Crippen molar-refractivity contribution < 1.29 is 19.4 Å². The summed E-state index contributed by atoms with van der Waals surface area (Å²) in [5, 5.41) is 21.3. The SMILES string of the molecule is COc1ccc(NC(=O)/C(C#N)=C\c2cccn2-c2cccc(C(=O)O)c2)cc1. The summed E-state index contributed by atoms with van der Waals surface area (Å²) < 4.78 is 6.77. The van der Waals surface area contributed by atoms with Crippen LogP contribution in [-0.2, 0) is 4.79 Å². The minimum absolute atomic E-state index is 0.0878. The Bertz CT molecular complexity index is 1120. The van der Waals surface area contributed by atoms with E-state index in [4.69, 9.17) is 4.74 Å². The van der Waals surface area contributed by atoms with Crippen molar-refractivity contribution in [1.29, 1.82) is 5.26 Å². The highest BCUT2D eigenvalue weighted by Crippen LogP contribution is 2.19. The molecule has 3 aromatic rings. The molecule has 0 atom stereocenters. The number of rotatable bonds is 6. The maximum absolute atomic E-state index is 12.5. The number of nitrogens with one attached hydrogen (secondary N) is 1. The molecule has 2 aromatic carbocycles. The quantitative estimate of drug-likeness (QED) is 0.495. The molecule has 7 heteroatoms. The van der Waals surface area contributed by atoms with Gasteiger partial charge in [0.15, 0.2) is 0 Å². The number of aromatic carboxylic acids is 1. The molecule has 0 unspecified atom stereocenters. The molecule has 0 bridgehead atoms. The second kappa shape index (κ2) is 8.59. The van der Waals surface area contributed by atoms with E-state index >= 15 is 0 Å². The molecule has 7 nitrogen and oxygen atoms in total. The van der Waals surface area contributed by atoms with Crippen molar-refractivity contribution in [2.45, 2.75) is 0 Å². The second-order valence-corrected chi connectivity index (χ2v) is 6.01. The number of carboxylic acids is 1. The predicted molar refractivity (Wildman–Crippen MR) is 108 cm³/mol. The van der Waals surface area contributed by atoms with Crippen LogP contribution in [0.1, 0.15) is 16.1 Å². The van der Waals surface area contributed by atoms with Gasteiger partial charge in [0.25, 0.3) is 5.91 Å². The summed E-state index contributed by atoms with van der Waals surface area (Å²) in [6, 6.07) is 18.5. The molecule has 3 rings (SSSR count). The Labute approximate surface area is 167 Å². The summed E-state index contributed by atoms with van der Waals surface area (Å²) in [5.41, 5.74) is 1.75. The first-order chi connectivity index (χ1) is 14.0. The number of carboxylic acid groups (broad SMARTS) is 1. The Kier molecular flexibility index (Phi) is 5.76. The first-order valence-corrected chi connectivity index (χ1v) is 8.60. The fourth-order valence-electron chi connectivity index (χ4n) is 2.70. The van der Waals surface area contributed by atoms with Crippen molar-refractivity contribution >= 4 is 23.6 Å².